The Kier molecular flexibility index (Phi) is 3.50. The van der Waals surface area contributed by atoms with Crippen LogP contribution >= 0.6 is 22.7 Å². The number of carbonyl (C=O) groups excluding carboxylic acids is 1. The minimum Gasteiger partial charge on any atom is -0.397 e. The van der Waals surface area contributed by atoms with Gasteiger partial charge in [0.25, 0.3) is 5.91 Å². The number of nitrogens with zero attached hydrogens (tertiary/aromatic N) is 3. The molecule has 0 aromatic carbocycles. The lowest BCUT2D eigenvalue weighted by Crippen LogP contribution is -2.12. The third-order valence-corrected chi connectivity index (χ3v) is 5.84. The number of fused-ring (bicyclic) bond motifs is 2. The first kappa shape index (κ1) is 14.5. The van der Waals surface area contributed by atoms with Gasteiger partial charge in [-0.1, -0.05) is 18.3 Å². The summed E-state index contributed by atoms with van der Waals surface area (Å²) in [5, 5.41) is 11.6. The molecule has 23 heavy (non-hydrogen) atoms. The largest absolute Gasteiger partial charge is 0.397 e. The van der Waals surface area contributed by atoms with Crippen molar-refractivity contribution in [1.82, 2.24) is 15.2 Å². The van der Waals surface area contributed by atoms with E-state index < -0.39 is 0 Å². The van der Waals surface area contributed by atoms with Crippen molar-refractivity contribution in [3.05, 3.63) is 27.7 Å². The molecule has 1 aliphatic rings. The van der Waals surface area contributed by atoms with Crippen LogP contribution in [0.1, 0.15) is 34.3 Å². The van der Waals surface area contributed by atoms with Crippen LogP contribution in [0.3, 0.4) is 0 Å². The monoisotopic (exact) mass is 345 g/mol. The molecule has 1 aliphatic carbocycles. The fourth-order valence-corrected chi connectivity index (χ4v) is 4.35. The molecule has 0 unspecified atom stereocenters. The number of aromatic nitrogens is 3. The maximum absolute atomic E-state index is 12.4. The van der Waals surface area contributed by atoms with Crippen LogP contribution in [0.2, 0.25) is 0 Å². The molecule has 1 amide bonds. The number of aryl methyl sites for hydroxylation is 1. The van der Waals surface area contributed by atoms with E-state index in [1.54, 1.807) is 5.51 Å². The molecule has 8 heteroatoms. The highest BCUT2D eigenvalue weighted by Gasteiger charge is 2.22. The predicted octanol–water partition coefficient (Wildman–Crippen LogP) is 3.11. The molecule has 0 aliphatic heterocycles. The number of nitrogen functional groups attached to an aromatic ring is 1. The van der Waals surface area contributed by atoms with Gasteiger partial charge in [-0.3, -0.25) is 10.1 Å². The molecule has 3 aromatic rings. The maximum atomic E-state index is 12.4. The van der Waals surface area contributed by atoms with E-state index in [4.69, 9.17) is 10.7 Å². The van der Waals surface area contributed by atoms with Crippen molar-refractivity contribution in [3.8, 4) is 0 Å². The Labute approximate surface area is 140 Å². The molecule has 0 bridgehead atoms. The summed E-state index contributed by atoms with van der Waals surface area (Å²) >= 11 is 2.61. The van der Waals surface area contributed by atoms with Crippen LogP contribution in [0.5, 0.6) is 0 Å². The summed E-state index contributed by atoms with van der Waals surface area (Å²) in [5.74, 6) is 0.412. The van der Waals surface area contributed by atoms with Crippen molar-refractivity contribution < 1.29 is 4.79 Å². The Morgan fingerprint density at radius 3 is 3.13 bits per heavy atom. The highest BCUT2D eigenvalue weighted by atomic mass is 32.1. The number of thiophene rings is 1. The van der Waals surface area contributed by atoms with Crippen molar-refractivity contribution in [2.24, 2.45) is 5.92 Å². The molecule has 0 saturated heterocycles. The number of nitrogens with two attached hydrogens (primary N) is 1. The van der Waals surface area contributed by atoms with Gasteiger partial charge in [0.2, 0.25) is 5.13 Å². The Hall–Kier alpha value is -2.06. The number of hydrogen-bond acceptors (Lipinski definition) is 7. The summed E-state index contributed by atoms with van der Waals surface area (Å²) in [6.45, 7) is 2.26. The standard InChI is InChI=1S/C15H15N5OS2/c1-7-2-3-10-8(4-7)5-9-11(16)12(23-14(9)18-10)13(21)19-15-20-17-6-22-15/h5-7H,2-4,16H2,1H3,(H,19,20,21)/t7-/m1/s1. The van der Waals surface area contributed by atoms with Crippen molar-refractivity contribution in [3.63, 3.8) is 0 Å². The van der Waals surface area contributed by atoms with Crippen LogP contribution in [0.15, 0.2) is 11.6 Å². The zero-order valence-corrected chi connectivity index (χ0v) is 14.1. The zero-order valence-electron chi connectivity index (χ0n) is 12.5. The molecule has 0 fully saturated rings. The van der Waals surface area contributed by atoms with Gasteiger partial charge < -0.3 is 5.73 Å². The van der Waals surface area contributed by atoms with Crippen molar-refractivity contribution in [1.29, 1.82) is 0 Å². The van der Waals surface area contributed by atoms with Crippen molar-refractivity contribution >= 4 is 49.6 Å². The van der Waals surface area contributed by atoms with Crippen LogP contribution in [0, 0.1) is 5.92 Å². The summed E-state index contributed by atoms with van der Waals surface area (Å²) in [6.07, 6.45) is 3.19. The third-order valence-electron chi connectivity index (χ3n) is 4.12. The fourth-order valence-electron chi connectivity index (χ4n) is 2.92. The molecule has 0 radical (unpaired) electrons. The van der Waals surface area contributed by atoms with Crippen LogP contribution < -0.4 is 11.1 Å². The predicted molar refractivity (Wildman–Crippen MR) is 93.1 cm³/mol. The van der Waals surface area contributed by atoms with Crippen LogP contribution in [0.25, 0.3) is 10.2 Å². The molecule has 6 nitrogen and oxygen atoms in total. The highest BCUT2D eigenvalue weighted by molar-refractivity contribution is 7.21. The number of pyridine rings is 1. The van der Waals surface area contributed by atoms with Crippen LogP contribution in [0.4, 0.5) is 10.8 Å². The summed E-state index contributed by atoms with van der Waals surface area (Å²) in [5.41, 5.74) is 10.7. The van der Waals surface area contributed by atoms with E-state index in [-0.39, 0.29) is 5.91 Å². The lowest BCUT2D eigenvalue weighted by Gasteiger charge is -2.20. The quantitative estimate of drug-likeness (QED) is 0.744. The Bertz CT molecular complexity index is 887. The topological polar surface area (TPSA) is 93.8 Å². The van der Waals surface area contributed by atoms with Crippen molar-refractivity contribution in [2.45, 2.75) is 26.2 Å². The summed E-state index contributed by atoms with van der Waals surface area (Å²) in [4.78, 5) is 18.5. The first-order chi connectivity index (χ1) is 11.1. The van der Waals surface area contributed by atoms with E-state index in [0.29, 0.717) is 21.6 Å². The van der Waals surface area contributed by atoms with Crippen LogP contribution in [-0.2, 0) is 12.8 Å². The molecule has 4 rings (SSSR count). The minimum atomic E-state index is -0.256. The normalized spacial score (nSPS) is 17.2. The molecule has 3 aromatic heterocycles. The van der Waals surface area contributed by atoms with Crippen LogP contribution in [-0.4, -0.2) is 21.1 Å². The van der Waals surface area contributed by atoms with Gasteiger partial charge in [-0.25, -0.2) is 4.98 Å². The van der Waals surface area contributed by atoms with Gasteiger partial charge in [-0.2, -0.15) is 0 Å². The highest BCUT2D eigenvalue weighted by Crippen LogP contribution is 2.36. The second-order valence-electron chi connectivity index (χ2n) is 5.84. The smallest absolute Gasteiger partial charge is 0.269 e. The second-order valence-corrected chi connectivity index (χ2v) is 7.67. The molecular formula is C15H15N5OS2. The van der Waals surface area contributed by atoms with E-state index >= 15 is 0 Å². The van der Waals surface area contributed by atoms with Gasteiger partial charge in [0.15, 0.2) is 0 Å². The average molecular weight is 345 g/mol. The molecule has 118 valence electrons. The number of amides is 1. The molecule has 1 atom stereocenters. The van der Waals surface area contributed by atoms with E-state index in [1.807, 2.05) is 0 Å². The third kappa shape index (κ3) is 2.57. The molecule has 3 N–H and O–H groups in total. The minimum absolute atomic E-state index is 0.256. The van der Waals surface area contributed by atoms with Gasteiger partial charge in [-0.05, 0) is 36.8 Å². The van der Waals surface area contributed by atoms with E-state index in [1.165, 1.54) is 28.2 Å². The SMILES string of the molecule is C[C@@H]1CCc2nc3sc(C(=O)Nc4nncs4)c(N)c3cc2C1. The van der Waals surface area contributed by atoms with Gasteiger partial charge >= 0.3 is 0 Å². The zero-order chi connectivity index (χ0) is 16.0. The Morgan fingerprint density at radius 1 is 1.48 bits per heavy atom. The molecule has 0 saturated carbocycles. The van der Waals surface area contributed by atoms with E-state index in [9.17, 15) is 4.79 Å². The van der Waals surface area contributed by atoms with Gasteiger partial charge in [0.1, 0.15) is 15.2 Å². The number of carbonyl (C=O) groups is 1. The van der Waals surface area contributed by atoms with Gasteiger partial charge in [-0.15, -0.1) is 21.5 Å². The number of hydrogen-bond donors (Lipinski definition) is 2. The van der Waals surface area contributed by atoms with Gasteiger partial charge in [0, 0.05) is 11.1 Å². The molecule has 3 heterocycles. The summed E-state index contributed by atoms with van der Waals surface area (Å²) in [7, 11) is 0. The number of rotatable bonds is 2. The van der Waals surface area contributed by atoms with Crippen molar-refractivity contribution in [2.75, 3.05) is 11.1 Å². The van der Waals surface area contributed by atoms with E-state index in [2.05, 4.69) is 28.5 Å². The van der Waals surface area contributed by atoms with Gasteiger partial charge in [0.05, 0.1) is 5.69 Å². The number of nitrogens with one attached hydrogen (secondary N) is 1. The summed E-state index contributed by atoms with van der Waals surface area (Å²) in [6, 6.07) is 2.11. The molecule has 0 spiro atoms. The Balaban J connectivity index is 1.74. The fraction of sp³-hybridized carbons (Fsp3) is 0.333. The maximum Gasteiger partial charge on any atom is 0.269 e. The molecular weight excluding hydrogens is 330 g/mol. The Morgan fingerprint density at radius 2 is 2.35 bits per heavy atom. The van der Waals surface area contributed by atoms with E-state index in [0.717, 1.165) is 35.2 Å². The summed E-state index contributed by atoms with van der Waals surface area (Å²) < 4.78 is 0. The first-order valence-corrected chi connectivity index (χ1v) is 9.09. The lowest BCUT2D eigenvalue weighted by atomic mass is 9.87. The lowest BCUT2D eigenvalue weighted by molar-refractivity contribution is 0.103. The average Bonchev–Trinajstić information content (AvgIpc) is 3.14. The second kappa shape index (κ2) is 5.54. The first-order valence-electron chi connectivity index (χ1n) is 7.40. The number of anilines is 2.